The molecule has 0 unspecified atom stereocenters. The van der Waals surface area contributed by atoms with Crippen molar-refractivity contribution in [2.45, 2.75) is 79.7 Å². The van der Waals surface area contributed by atoms with Gasteiger partial charge in [0.25, 0.3) is 0 Å². The molecule has 3 heteroatoms. The van der Waals surface area contributed by atoms with Gasteiger partial charge >= 0.3 is 0 Å². The van der Waals surface area contributed by atoms with Crippen molar-refractivity contribution in [3.63, 3.8) is 0 Å². The highest BCUT2D eigenvalue weighted by Crippen LogP contribution is 2.55. The first-order valence-electron chi connectivity index (χ1n) is 20.7. The SMILES string of the molecule is Cc1ccc(-c2c(-c3ccc([Si](C)(C)C)cc3)c(-c3ccc(C)cc3)c(-c3ccc([Si](C)(C)C)cc3)c(-c3ccc(C)cc3)c2-c2ccc([Si](C)(C)C)cc2)cc1. The van der Waals surface area contributed by atoms with Gasteiger partial charge in [-0.25, -0.2) is 0 Å². The van der Waals surface area contributed by atoms with Gasteiger partial charge in [-0.3, -0.25) is 0 Å². The third-order valence-electron chi connectivity index (χ3n) is 11.6. The van der Waals surface area contributed by atoms with Gasteiger partial charge in [-0.15, -0.1) is 0 Å². The van der Waals surface area contributed by atoms with Crippen LogP contribution in [0.1, 0.15) is 16.7 Å². The largest absolute Gasteiger partial charge is 0.0775 e. The summed E-state index contributed by atoms with van der Waals surface area (Å²) in [7, 11) is -4.64. The van der Waals surface area contributed by atoms with Crippen LogP contribution in [0.3, 0.4) is 0 Å². The summed E-state index contributed by atoms with van der Waals surface area (Å²) in [5.74, 6) is 0. The molecule has 0 aliphatic rings. The molecule has 0 spiro atoms. The molecule has 0 atom stereocenters. The maximum atomic E-state index is 2.44. The zero-order chi connectivity index (χ0) is 40.9. The molecule has 288 valence electrons. The highest BCUT2D eigenvalue weighted by Gasteiger charge is 2.30. The Morgan fingerprint density at radius 3 is 0.491 bits per heavy atom. The fraction of sp³-hybridized carbons (Fsp3) is 0.222. The van der Waals surface area contributed by atoms with Crippen LogP contribution in [0.15, 0.2) is 146 Å². The molecule has 0 nitrogen and oxygen atoms in total. The Hall–Kier alpha value is -4.81. The molecule has 0 amide bonds. The van der Waals surface area contributed by atoms with Gasteiger partial charge in [-0.2, -0.15) is 0 Å². The summed E-state index contributed by atoms with van der Waals surface area (Å²) < 4.78 is 0. The van der Waals surface area contributed by atoms with Crippen LogP contribution in [-0.2, 0) is 0 Å². The molecular weight excluding hydrogens is 733 g/mol. The fourth-order valence-electron chi connectivity index (χ4n) is 8.05. The summed E-state index contributed by atoms with van der Waals surface area (Å²) in [6, 6.07) is 56.8. The summed E-state index contributed by atoms with van der Waals surface area (Å²) in [4.78, 5) is 0. The predicted molar refractivity (Wildman–Crippen MR) is 262 cm³/mol. The van der Waals surface area contributed by atoms with E-state index in [0.717, 1.165) is 0 Å². The molecule has 0 fully saturated rings. The molecule has 7 aromatic carbocycles. The average molecular weight is 793 g/mol. The number of hydrogen-bond acceptors (Lipinski definition) is 0. The second-order valence-electron chi connectivity index (χ2n) is 19.3. The van der Waals surface area contributed by atoms with Crippen LogP contribution in [0, 0.1) is 20.8 Å². The molecule has 0 heterocycles. The van der Waals surface area contributed by atoms with Crippen LogP contribution in [-0.4, -0.2) is 24.2 Å². The molecule has 57 heavy (non-hydrogen) atoms. The maximum Gasteiger partial charge on any atom is 0.0775 e. The van der Waals surface area contributed by atoms with Gasteiger partial charge in [0.1, 0.15) is 0 Å². The third kappa shape index (κ3) is 8.43. The van der Waals surface area contributed by atoms with Crippen molar-refractivity contribution < 1.29 is 0 Å². The van der Waals surface area contributed by atoms with E-state index in [-0.39, 0.29) is 0 Å². The lowest BCUT2D eigenvalue weighted by Gasteiger charge is -2.29. The maximum absolute atomic E-state index is 2.44. The molecule has 0 radical (unpaired) electrons. The lowest BCUT2D eigenvalue weighted by molar-refractivity contribution is 1.44. The van der Waals surface area contributed by atoms with E-state index < -0.39 is 24.2 Å². The Labute approximate surface area is 346 Å². The van der Waals surface area contributed by atoms with Crippen LogP contribution >= 0.6 is 0 Å². The minimum Gasteiger partial charge on any atom is -0.0656 e. The van der Waals surface area contributed by atoms with Crippen molar-refractivity contribution in [3.8, 4) is 66.8 Å². The molecule has 0 N–H and O–H groups in total. The Bertz CT molecular complexity index is 2190. The molecule has 7 aromatic rings. The second kappa shape index (κ2) is 15.5. The summed E-state index contributed by atoms with van der Waals surface area (Å²) in [6.45, 7) is 28.6. The van der Waals surface area contributed by atoms with Crippen molar-refractivity contribution in [1.82, 2.24) is 0 Å². The summed E-state index contributed by atoms with van der Waals surface area (Å²) >= 11 is 0. The van der Waals surface area contributed by atoms with E-state index in [2.05, 4.69) is 225 Å². The van der Waals surface area contributed by atoms with Crippen LogP contribution in [0.5, 0.6) is 0 Å². The minimum absolute atomic E-state index is 1.23. The number of benzene rings is 7. The topological polar surface area (TPSA) is 0 Å². The van der Waals surface area contributed by atoms with Gasteiger partial charge in [-0.05, 0) is 87.5 Å². The zero-order valence-electron chi connectivity index (χ0n) is 36.4. The molecule has 0 bridgehead atoms. The smallest absolute Gasteiger partial charge is 0.0656 e. The van der Waals surface area contributed by atoms with E-state index in [0.29, 0.717) is 0 Å². The van der Waals surface area contributed by atoms with Crippen LogP contribution in [0.4, 0.5) is 0 Å². The highest BCUT2D eigenvalue weighted by atomic mass is 28.3. The van der Waals surface area contributed by atoms with E-state index in [1.807, 2.05) is 0 Å². The van der Waals surface area contributed by atoms with E-state index >= 15 is 0 Å². The Morgan fingerprint density at radius 2 is 0.351 bits per heavy atom. The Balaban J connectivity index is 1.78. The van der Waals surface area contributed by atoms with Gasteiger partial charge in [0.15, 0.2) is 0 Å². The second-order valence-corrected chi connectivity index (χ2v) is 34.6. The summed E-state index contributed by atoms with van der Waals surface area (Å²) in [5, 5.41) is 4.42. The number of aryl methyl sites for hydroxylation is 3. The van der Waals surface area contributed by atoms with Crippen LogP contribution < -0.4 is 15.6 Å². The third-order valence-corrected chi connectivity index (χ3v) is 17.8. The summed E-state index contributed by atoms with van der Waals surface area (Å²) in [5.41, 5.74) is 18.9. The molecule has 0 aliphatic carbocycles. The first-order valence-corrected chi connectivity index (χ1v) is 31.2. The molecule has 0 saturated heterocycles. The van der Waals surface area contributed by atoms with Gasteiger partial charge in [0, 0.05) is 0 Å². The van der Waals surface area contributed by atoms with Crippen molar-refractivity contribution in [2.75, 3.05) is 0 Å². The van der Waals surface area contributed by atoms with Gasteiger partial charge in [-0.1, -0.05) is 237 Å². The standard InChI is InChI=1S/C54H60Si3/c1-37-13-19-40(20-14-37)49-52(43-25-31-46(32-26-43)55(4,5)6)50(41-21-15-38(2)16-22-41)54(45-29-35-48(36-30-45)57(10,11)12)51(42-23-17-39(3)18-24-42)53(49)44-27-33-47(34-28-44)56(7,8)9/h13-36H,1-12H3. The predicted octanol–water partition coefficient (Wildman–Crippen LogP) is 14.2. The number of hydrogen-bond donors (Lipinski definition) is 0. The van der Waals surface area contributed by atoms with E-state index in [4.69, 9.17) is 0 Å². The average Bonchev–Trinajstić information content (AvgIpc) is 3.17. The zero-order valence-corrected chi connectivity index (χ0v) is 39.4. The van der Waals surface area contributed by atoms with Crippen molar-refractivity contribution in [2.24, 2.45) is 0 Å². The Morgan fingerprint density at radius 1 is 0.211 bits per heavy atom. The molecule has 0 aliphatic heterocycles. The first-order chi connectivity index (χ1) is 26.9. The first kappa shape index (κ1) is 40.4. The lowest BCUT2D eigenvalue weighted by atomic mass is 9.74. The lowest BCUT2D eigenvalue weighted by Crippen LogP contribution is -2.37. The van der Waals surface area contributed by atoms with Crippen molar-refractivity contribution >= 4 is 39.8 Å². The highest BCUT2D eigenvalue weighted by molar-refractivity contribution is 6.89. The van der Waals surface area contributed by atoms with Gasteiger partial charge in [0.05, 0.1) is 24.2 Å². The van der Waals surface area contributed by atoms with E-state index in [1.165, 1.54) is 99.0 Å². The fourth-order valence-corrected chi connectivity index (χ4v) is 11.6. The molecular formula is C54H60Si3. The summed E-state index contributed by atoms with van der Waals surface area (Å²) in [6.07, 6.45) is 0. The normalized spacial score (nSPS) is 12.2. The van der Waals surface area contributed by atoms with Crippen LogP contribution in [0.2, 0.25) is 58.9 Å². The van der Waals surface area contributed by atoms with E-state index in [1.54, 1.807) is 0 Å². The van der Waals surface area contributed by atoms with E-state index in [9.17, 15) is 0 Å². The monoisotopic (exact) mass is 792 g/mol. The molecule has 0 aromatic heterocycles. The minimum atomic E-state index is -1.55. The quantitative estimate of drug-likeness (QED) is 0.128. The number of rotatable bonds is 9. The van der Waals surface area contributed by atoms with Crippen LogP contribution in [0.25, 0.3) is 66.8 Å². The van der Waals surface area contributed by atoms with Crippen molar-refractivity contribution in [3.05, 3.63) is 162 Å². The van der Waals surface area contributed by atoms with Gasteiger partial charge in [0.2, 0.25) is 0 Å². The Kier molecular flexibility index (Phi) is 11.0. The molecule has 0 saturated carbocycles. The molecule has 7 rings (SSSR count). The van der Waals surface area contributed by atoms with Crippen molar-refractivity contribution in [1.29, 1.82) is 0 Å². The van der Waals surface area contributed by atoms with Gasteiger partial charge < -0.3 is 0 Å².